The third-order valence-electron chi connectivity index (χ3n) is 2.97. The van der Waals surface area contributed by atoms with Gasteiger partial charge in [0, 0.05) is 34.7 Å². The molecule has 0 saturated carbocycles. The largest absolute Gasteiger partial charge is 0.313 e. The van der Waals surface area contributed by atoms with E-state index in [0.29, 0.717) is 17.2 Å². The average Bonchev–Trinajstić information content (AvgIpc) is 2.88. The maximum atomic E-state index is 12.3. The summed E-state index contributed by atoms with van der Waals surface area (Å²) < 4.78 is 2.47. The van der Waals surface area contributed by atoms with Crippen molar-refractivity contribution in [3.05, 3.63) is 64.7 Å². The SMILES string of the molecule is Cc1cc(NC(=O)c2cncc(Br)c2)[n+](-c2ccccn2)[nH]1. The molecule has 0 radical (unpaired) electrons. The minimum absolute atomic E-state index is 0.238. The Labute approximate surface area is 135 Å². The number of amides is 1. The van der Waals surface area contributed by atoms with Crippen LogP contribution in [0, 0.1) is 6.92 Å². The number of nitrogens with zero attached hydrogens (tertiary/aromatic N) is 3. The van der Waals surface area contributed by atoms with E-state index in [1.807, 2.05) is 31.2 Å². The molecule has 0 saturated heterocycles. The van der Waals surface area contributed by atoms with Gasteiger partial charge < -0.3 is 0 Å². The smallest absolute Gasteiger partial charge is 0.263 e. The van der Waals surface area contributed by atoms with Crippen LogP contribution in [0.2, 0.25) is 0 Å². The number of hydrogen-bond donors (Lipinski definition) is 2. The monoisotopic (exact) mass is 358 g/mol. The molecule has 3 aromatic heterocycles. The Morgan fingerprint density at radius 1 is 1.32 bits per heavy atom. The maximum absolute atomic E-state index is 12.3. The van der Waals surface area contributed by atoms with Gasteiger partial charge in [0.1, 0.15) is 6.20 Å². The van der Waals surface area contributed by atoms with Crippen molar-refractivity contribution in [3.63, 3.8) is 0 Å². The van der Waals surface area contributed by atoms with E-state index in [2.05, 4.69) is 36.3 Å². The zero-order valence-electron chi connectivity index (χ0n) is 11.7. The van der Waals surface area contributed by atoms with Gasteiger partial charge in [-0.2, -0.15) is 0 Å². The fourth-order valence-corrected chi connectivity index (χ4v) is 2.39. The standard InChI is InChI=1S/C15H12BrN5O/c1-10-6-14(21(20-10)13-4-2-3-5-18-13)19-15(22)11-7-12(16)9-17-8-11/h2-9H,1H3,(H,19,20,22)/p+1. The lowest BCUT2D eigenvalue weighted by atomic mass is 10.3. The van der Waals surface area contributed by atoms with Crippen LogP contribution in [0.25, 0.3) is 5.82 Å². The molecule has 0 spiro atoms. The highest BCUT2D eigenvalue weighted by atomic mass is 79.9. The van der Waals surface area contributed by atoms with Crippen LogP contribution >= 0.6 is 15.9 Å². The number of aromatic amines is 1. The van der Waals surface area contributed by atoms with Crippen LogP contribution in [0.3, 0.4) is 0 Å². The number of anilines is 1. The molecule has 110 valence electrons. The van der Waals surface area contributed by atoms with Gasteiger partial charge in [-0.05, 0) is 35.0 Å². The van der Waals surface area contributed by atoms with E-state index >= 15 is 0 Å². The number of nitrogens with one attached hydrogen (secondary N) is 2. The first-order chi connectivity index (χ1) is 10.6. The lowest BCUT2D eigenvalue weighted by Crippen LogP contribution is -2.38. The van der Waals surface area contributed by atoms with E-state index in [1.54, 1.807) is 23.1 Å². The van der Waals surface area contributed by atoms with E-state index in [0.717, 1.165) is 10.2 Å². The Morgan fingerprint density at radius 3 is 2.91 bits per heavy atom. The number of carbonyl (C=O) groups excluding carboxylic acids is 1. The Bertz CT molecular complexity index is 816. The van der Waals surface area contributed by atoms with Crippen LogP contribution in [0.1, 0.15) is 16.1 Å². The Kier molecular flexibility index (Phi) is 3.97. The van der Waals surface area contributed by atoms with E-state index < -0.39 is 0 Å². The maximum Gasteiger partial charge on any atom is 0.313 e. The van der Waals surface area contributed by atoms with Gasteiger partial charge in [-0.3, -0.25) is 9.78 Å². The fourth-order valence-electron chi connectivity index (χ4n) is 2.02. The lowest BCUT2D eigenvalue weighted by molar-refractivity contribution is -0.645. The highest BCUT2D eigenvalue weighted by molar-refractivity contribution is 9.10. The van der Waals surface area contributed by atoms with E-state index in [4.69, 9.17) is 0 Å². The van der Waals surface area contributed by atoms with Crippen molar-refractivity contribution in [1.29, 1.82) is 0 Å². The van der Waals surface area contributed by atoms with Gasteiger partial charge in [0.05, 0.1) is 5.56 Å². The number of hydrogen-bond acceptors (Lipinski definition) is 3. The summed E-state index contributed by atoms with van der Waals surface area (Å²) >= 11 is 3.31. The van der Waals surface area contributed by atoms with Crippen molar-refractivity contribution in [2.45, 2.75) is 6.92 Å². The van der Waals surface area contributed by atoms with Crippen LogP contribution in [-0.2, 0) is 0 Å². The number of aryl methyl sites for hydroxylation is 1. The van der Waals surface area contributed by atoms with Gasteiger partial charge in [0.2, 0.25) is 0 Å². The first-order valence-electron chi connectivity index (χ1n) is 6.58. The zero-order valence-corrected chi connectivity index (χ0v) is 13.3. The third kappa shape index (κ3) is 3.04. The summed E-state index contributed by atoms with van der Waals surface area (Å²) in [7, 11) is 0. The quantitative estimate of drug-likeness (QED) is 0.706. The molecule has 1 amide bonds. The molecule has 0 aromatic carbocycles. The highest BCUT2D eigenvalue weighted by Gasteiger charge is 2.19. The summed E-state index contributed by atoms with van der Waals surface area (Å²) in [6.07, 6.45) is 4.85. The number of carbonyl (C=O) groups is 1. The molecule has 0 bridgehead atoms. The van der Waals surface area contributed by atoms with E-state index in [1.165, 1.54) is 6.20 Å². The van der Waals surface area contributed by atoms with Crippen molar-refractivity contribution < 1.29 is 9.48 Å². The zero-order chi connectivity index (χ0) is 15.5. The Morgan fingerprint density at radius 2 is 2.18 bits per heavy atom. The molecule has 6 nitrogen and oxygen atoms in total. The van der Waals surface area contributed by atoms with E-state index in [-0.39, 0.29) is 5.91 Å². The van der Waals surface area contributed by atoms with E-state index in [9.17, 15) is 4.79 Å². The van der Waals surface area contributed by atoms with Crippen molar-refractivity contribution in [2.24, 2.45) is 0 Å². The second-order valence-corrected chi connectivity index (χ2v) is 5.61. The molecule has 0 aliphatic rings. The molecule has 7 heteroatoms. The lowest BCUT2D eigenvalue weighted by Gasteiger charge is -2.02. The Balaban J connectivity index is 1.92. The minimum atomic E-state index is -0.238. The normalized spacial score (nSPS) is 10.5. The minimum Gasteiger partial charge on any atom is -0.263 e. The second-order valence-electron chi connectivity index (χ2n) is 4.69. The Hall–Kier alpha value is -2.54. The summed E-state index contributed by atoms with van der Waals surface area (Å²) in [5.74, 6) is 1.07. The summed E-state index contributed by atoms with van der Waals surface area (Å²) in [4.78, 5) is 20.6. The van der Waals surface area contributed by atoms with Crippen LogP contribution < -0.4 is 10.00 Å². The summed E-state index contributed by atoms with van der Waals surface area (Å²) in [6, 6.07) is 9.14. The van der Waals surface area contributed by atoms with Gasteiger partial charge in [-0.25, -0.2) is 10.4 Å². The summed E-state index contributed by atoms with van der Waals surface area (Å²) in [5.41, 5.74) is 1.38. The molecule has 0 aliphatic heterocycles. The average molecular weight is 359 g/mol. The molecule has 3 heterocycles. The number of pyridine rings is 2. The number of H-pyrrole nitrogens is 1. The third-order valence-corrected chi connectivity index (χ3v) is 3.40. The molecule has 0 aliphatic carbocycles. The number of halogens is 1. The predicted molar refractivity (Wildman–Crippen MR) is 84.7 cm³/mol. The van der Waals surface area contributed by atoms with Gasteiger partial charge >= 0.3 is 5.91 Å². The molecule has 0 unspecified atom stereocenters. The van der Waals surface area contributed by atoms with Crippen molar-refractivity contribution >= 4 is 27.7 Å². The molecule has 3 aromatic rings. The molecular formula is C15H13BrN5O+. The van der Waals surface area contributed by atoms with Gasteiger partial charge in [-0.15, -0.1) is 9.67 Å². The molecule has 0 atom stereocenters. The van der Waals surface area contributed by atoms with Crippen LogP contribution in [0.4, 0.5) is 5.82 Å². The molecular weight excluding hydrogens is 346 g/mol. The number of aromatic nitrogens is 4. The molecule has 2 N–H and O–H groups in total. The van der Waals surface area contributed by atoms with Gasteiger partial charge in [0.15, 0.2) is 0 Å². The predicted octanol–water partition coefficient (Wildman–Crippen LogP) is 2.40. The van der Waals surface area contributed by atoms with Crippen molar-refractivity contribution in [2.75, 3.05) is 5.32 Å². The first-order valence-corrected chi connectivity index (χ1v) is 7.38. The fraction of sp³-hybridized carbons (Fsp3) is 0.0667. The van der Waals surface area contributed by atoms with Crippen molar-refractivity contribution in [3.8, 4) is 5.82 Å². The van der Waals surface area contributed by atoms with Crippen LogP contribution in [-0.4, -0.2) is 21.0 Å². The molecule has 3 rings (SSSR count). The van der Waals surface area contributed by atoms with Crippen molar-refractivity contribution in [1.82, 2.24) is 15.1 Å². The first kappa shape index (κ1) is 14.4. The topological polar surface area (TPSA) is 74.6 Å². The summed E-state index contributed by atoms with van der Waals surface area (Å²) in [5, 5.41) is 6.01. The van der Waals surface area contributed by atoms with Gasteiger partial charge in [0.25, 0.3) is 11.6 Å². The molecule has 0 fully saturated rings. The second kappa shape index (κ2) is 6.07. The molecule has 22 heavy (non-hydrogen) atoms. The summed E-state index contributed by atoms with van der Waals surface area (Å²) in [6.45, 7) is 1.91. The highest BCUT2D eigenvalue weighted by Crippen LogP contribution is 2.12. The van der Waals surface area contributed by atoms with Gasteiger partial charge in [-0.1, -0.05) is 6.07 Å². The van der Waals surface area contributed by atoms with Crippen LogP contribution in [0.15, 0.2) is 53.4 Å². The van der Waals surface area contributed by atoms with Crippen LogP contribution in [0.5, 0.6) is 0 Å². The number of rotatable bonds is 3.